The van der Waals surface area contributed by atoms with E-state index in [4.69, 9.17) is 19.1 Å². The Balaban J connectivity index is 0.00000225. The van der Waals surface area contributed by atoms with Gasteiger partial charge < -0.3 is 29.6 Å². The van der Waals surface area contributed by atoms with Crippen LogP contribution in [0.5, 0.6) is 0 Å². The summed E-state index contributed by atoms with van der Waals surface area (Å²) in [5.74, 6) is -1.66. The van der Waals surface area contributed by atoms with Crippen LogP contribution in [0, 0.1) is 17.0 Å². The summed E-state index contributed by atoms with van der Waals surface area (Å²) in [5, 5.41) is 29.2. The Hall–Kier alpha value is -5.79. The summed E-state index contributed by atoms with van der Waals surface area (Å²) in [5.41, 5.74) is 7.26. The molecule has 0 radical (unpaired) electrons. The van der Waals surface area contributed by atoms with E-state index in [0.717, 1.165) is 33.7 Å². The highest BCUT2D eigenvalue weighted by Gasteiger charge is 2.41. The molecule has 56 heavy (non-hydrogen) atoms. The number of carbonyl (C=O) groups is 2. The van der Waals surface area contributed by atoms with E-state index in [-0.39, 0.29) is 41.4 Å². The Morgan fingerprint density at radius 1 is 0.911 bits per heavy atom. The minimum absolute atomic E-state index is 0.0172. The van der Waals surface area contributed by atoms with Crippen molar-refractivity contribution in [3.05, 3.63) is 127 Å². The molecule has 0 fully saturated rings. The first-order valence-electron chi connectivity index (χ1n) is 18.2. The third kappa shape index (κ3) is 10.1. The monoisotopic (exact) mass is 780 g/mol. The number of nitrogens with zero attached hydrogens (tertiary/aromatic N) is 3. The maximum atomic E-state index is 13.4. The number of ether oxygens (including phenoxy) is 2. The Morgan fingerprint density at radius 2 is 1.61 bits per heavy atom. The number of hydrogen-bond donors (Lipinski definition) is 1. The van der Waals surface area contributed by atoms with Gasteiger partial charge in [0, 0.05) is 67.8 Å². The van der Waals surface area contributed by atoms with Crippen LogP contribution in [-0.2, 0) is 25.5 Å². The molecule has 3 aromatic rings. The standard InChI is InChI=1S/C41H48N4O7Si.CO2/c1-27-10-11-28(36(23-27)45(49)50)9-8-19-51-21-22-52-20-18-42-40(46)29-12-15-32(41(47)48)35(24-29)39-33-16-13-30(43(2)3)25-37(33)53(6,7)38-26-31(44(4)5)14-17-34(38)39;2-1-3/h10-17,23-26H,8-9,18-22H2,1-7H3,(H-,42,46,47,48);. The molecule has 0 bridgehead atoms. The number of aromatic carboxylic acids is 1. The molecule has 0 aromatic heterocycles. The Kier molecular flexibility index (Phi) is 14.7. The molecular weight excluding hydrogens is 733 g/mol. The lowest BCUT2D eigenvalue weighted by molar-refractivity contribution is -0.462. The number of anilines is 1. The van der Waals surface area contributed by atoms with Gasteiger partial charge in [0.15, 0.2) is 5.71 Å². The molecule has 1 aliphatic carbocycles. The Bertz CT molecular complexity index is 2160. The van der Waals surface area contributed by atoms with E-state index in [1.165, 1.54) is 22.5 Å². The average molecular weight is 781 g/mol. The zero-order valence-electron chi connectivity index (χ0n) is 32.9. The number of carbonyl (C=O) groups excluding carboxylic acids is 4. The van der Waals surface area contributed by atoms with Gasteiger partial charge in [-0.2, -0.15) is 9.59 Å². The predicted octanol–water partition coefficient (Wildman–Crippen LogP) is 3.62. The number of carboxylic acid groups (broad SMARTS) is 1. The number of aryl methyl sites for hydroxylation is 2. The van der Waals surface area contributed by atoms with Gasteiger partial charge >= 0.3 is 6.15 Å². The zero-order valence-corrected chi connectivity index (χ0v) is 33.9. The number of amides is 1. The second kappa shape index (κ2) is 19.2. The Labute approximate surface area is 327 Å². The van der Waals surface area contributed by atoms with Gasteiger partial charge in [-0.05, 0) is 88.3 Å². The third-order valence-corrected chi connectivity index (χ3v) is 13.3. The number of rotatable bonds is 15. The van der Waals surface area contributed by atoms with Gasteiger partial charge in [-0.3, -0.25) is 14.9 Å². The van der Waals surface area contributed by atoms with Gasteiger partial charge in [0.25, 0.3) is 11.6 Å². The van der Waals surface area contributed by atoms with Gasteiger partial charge in [0.1, 0.15) is 22.2 Å². The molecule has 2 aliphatic rings. The molecule has 0 saturated heterocycles. The summed E-state index contributed by atoms with van der Waals surface area (Å²) in [4.78, 5) is 55.3. The smallest absolute Gasteiger partial charge is 0.373 e. The van der Waals surface area contributed by atoms with Gasteiger partial charge in [0.05, 0.1) is 30.7 Å². The van der Waals surface area contributed by atoms with E-state index in [2.05, 4.69) is 52.2 Å². The SMILES string of the molecule is Cc1ccc(CCCOCCOCCNC(=O)c2ccc(C(=O)[O-])c(C3=C4C=CC(=[N+](C)C)C=C4[Si](C)(C)c4cc(N(C)C)ccc43)c2)c([N+](=O)[O-])c1.O=C=O. The average Bonchev–Trinajstić information content (AvgIpc) is 3.15. The van der Waals surface area contributed by atoms with Crippen LogP contribution < -0.4 is 20.5 Å². The lowest BCUT2D eigenvalue weighted by Crippen LogP contribution is -2.50. The molecule has 1 aliphatic heterocycles. The van der Waals surface area contributed by atoms with Crippen molar-refractivity contribution in [3.8, 4) is 0 Å². The quantitative estimate of drug-likeness (QED) is 0.0790. The lowest BCUT2D eigenvalue weighted by atomic mass is 9.86. The molecule has 294 valence electrons. The first kappa shape index (κ1) is 42.9. The van der Waals surface area contributed by atoms with E-state index in [0.29, 0.717) is 49.4 Å². The predicted molar refractivity (Wildman–Crippen MR) is 214 cm³/mol. The van der Waals surface area contributed by atoms with Gasteiger partial charge in [0.2, 0.25) is 0 Å². The molecule has 5 rings (SSSR count). The summed E-state index contributed by atoms with van der Waals surface area (Å²) in [6.45, 7) is 8.09. The van der Waals surface area contributed by atoms with Gasteiger partial charge in [-0.1, -0.05) is 37.4 Å². The van der Waals surface area contributed by atoms with Crippen LogP contribution >= 0.6 is 0 Å². The zero-order chi connectivity index (χ0) is 41.2. The highest BCUT2D eigenvalue weighted by atomic mass is 28.3. The van der Waals surface area contributed by atoms with E-state index < -0.39 is 14.0 Å². The van der Waals surface area contributed by atoms with E-state index in [9.17, 15) is 24.8 Å². The van der Waals surface area contributed by atoms with Crippen LogP contribution in [0.1, 0.15) is 49.4 Å². The number of benzene rings is 3. The van der Waals surface area contributed by atoms with Gasteiger partial charge in [-0.15, -0.1) is 0 Å². The molecular formula is C42H48N4O9Si. The summed E-state index contributed by atoms with van der Waals surface area (Å²) in [6, 6.07) is 16.2. The summed E-state index contributed by atoms with van der Waals surface area (Å²) >= 11 is 0. The molecule has 0 unspecified atom stereocenters. The fourth-order valence-electron chi connectivity index (χ4n) is 6.82. The Morgan fingerprint density at radius 3 is 2.25 bits per heavy atom. The number of hydrogen-bond acceptors (Lipinski definition) is 10. The highest BCUT2D eigenvalue weighted by Crippen LogP contribution is 2.43. The molecule has 14 heteroatoms. The topological polar surface area (TPSA) is 171 Å². The normalized spacial score (nSPS) is 13.7. The highest BCUT2D eigenvalue weighted by molar-refractivity contribution is 6.98. The number of nitro benzene ring substituents is 1. The van der Waals surface area contributed by atoms with Crippen molar-refractivity contribution < 1.29 is 43.3 Å². The van der Waals surface area contributed by atoms with Crippen LogP contribution in [-0.4, -0.2) is 102 Å². The van der Waals surface area contributed by atoms with Crippen LogP contribution in [0.2, 0.25) is 13.1 Å². The molecule has 0 saturated carbocycles. The molecule has 13 nitrogen and oxygen atoms in total. The van der Waals surface area contributed by atoms with Crippen molar-refractivity contribution in [2.75, 3.05) is 66.1 Å². The molecule has 1 N–H and O–H groups in total. The number of nitrogens with one attached hydrogen (secondary N) is 1. The molecule has 1 heterocycles. The van der Waals surface area contributed by atoms with Crippen molar-refractivity contribution in [3.63, 3.8) is 0 Å². The van der Waals surface area contributed by atoms with Crippen molar-refractivity contribution in [1.29, 1.82) is 0 Å². The second-order valence-electron chi connectivity index (χ2n) is 14.4. The van der Waals surface area contributed by atoms with Crippen LogP contribution in [0.15, 0.2) is 83.6 Å². The molecule has 1 amide bonds. The first-order chi connectivity index (χ1) is 26.6. The van der Waals surface area contributed by atoms with Crippen molar-refractivity contribution in [1.82, 2.24) is 5.32 Å². The summed E-state index contributed by atoms with van der Waals surface area (Å²) in [6.07, 6.45) is 7.76. The summed E-state index contributed by atoms with van der Waals surface area (Å²) in [7, 11) is 5.75. The van der Waals surface area contributed by atoms with Crippen LogP contribution in [0.25, 0.3) is 5.57 Å². The fraction of sp³-hybridized carbons (Fsp3) is 0.333. The second-order valence-corrected chi connectivity index (χ2v) is 18.7. The maximum absolute atomic E-state index is 13.4. The van der Waals surface area contributed by atoms with Gasteiger partial charge in [-0.25, -0.2) is 4.58 Å². The first-order valence-corrected chi connectivity index (χ1v) is 21.2. The number of allylic oxidation sites excluding steroid dienone is 5. The molecule has 0 atom stereocenters. The van der Waals surface area contributed by atoms with Crippen molar-refractivity contribution >= 4 is 53.9 Å². The lowest BCUT2D eigenvalue weighted by Gasteiger charge is -2.38. The number of nitro groups is 1. The maximum Gasteiger partial charge on any atom is 0.373 e. The largest absolute Gasteiger partial charge is 0.545 e. The number of fused-ring (bicyclic) bond motifs is 2. The molecule has 3 aromatic carbocycles. The minimum Gasteiger partial charge on any atom is -0.545 e. The van der Waals surface area contributed by atoms with Crippen molar-refractivity contribution in [2.45, 2.75) is 32.9 Å². The van der Waals surface area contributed by atoms with E-state index >= 15 is 0 Å². The summed E-state index contributed by atoms with van der Waals surface area (Å²) < 4.78 is 13.3. The molecule has 0 spiro atoms. The third-order valence-electron chi connectivity index (χ3n) is 9.77. The van der Waals surface area contributed by atoms with Crippen molar-refractivity contribution in [2.24, 2.45) is 0 Å². The van der Waals surface area contributed by atoms with E-state index in [1.807, 2.05) is 53.3 Å². The van der Waals surface area contributed by atoms with Crippen LogP contribution in [0.4, 0.5) is 11.4 Å². The van der Waals surface area contributed by atoms with Crippen LogP contribution in [0.3, 0.4) is 0 Å². The van der Waals surface area contributed by atoms with E-state index in [1.54, 1.807) is 18.2 Å². The minimum atomic E-state index is -2.26. The fourth-order valence-corrected chi connectivity index (χ4v) is 9.89. The number of carboxylic acids is 1.